The molecule has 0 aromatic heterocycles. The van der Waals surface area contributed by atoms with Crippen molar-refractivity contribution >= 4 is 18.2 Å². The van der Waals surface area contributed by atoms with Crippen LogP contribution in [0.25, 0.3) is 11.1 Å². The summed E-state index contributed by atoms with van der Waals surface area (Å²) in [5.41, 5.74) is 1.62. The minimum Gasteiger partial charge on any atom is -0.413 e. The Hall–Kier alpha value is -1.28. The largest absolute Gasteiger partial charge is 0.474 e. The number of halogens is 1. The van der Waals surface area contributed by atoms with Crippen LogP contribution in [0.15, 0.2) is 54.6 Å². The minimum absolute atomic E-state index is 0.291. The maximum absolute atomic E-state index is 11.1. The van der Waals surface area contributed by atoms with Gasteiger partial charge in [-0.3, -0.25) is 0 Å². The maximum atomic E-state index is 11.1. The van der Waals surface area contributed by atoms with E-state index in [1.54, 1.807) is 18.2 Å². The lowest BCUT2D eigenvalue weighted by molar-refractivity contribution is 0.401. The number of para-hydroxylation sites is 1. The molecule has 0 amide bonds. The Morgan fingerprint density at radius 2 is 1.59 bits per heavy atom. The molecule has 2 aromatic rings. The molecule has 1 N–H and O–H groups in total. The Bertz CT molecular complexity index is 551. The topological polar surface area (TPSA) is 46.5 Å². The highest BCUT2D eigenvalue weighted by atomic mass is 35.7. The molecule has 0 heterocycles. The first-order valence-electron chi connectivity index (χ1n) is 4.93. The van der Waals surface area contributed by atoms with Gasteiger partial charge in [0.2, 0.25) is 0 Å². The van der Waals surface area contributed by atoms with Crippen molar-refractivity contribution < 1.29 is 14.0 Å². The van der Waals surface area contributed by atoms with Crippen molar-refractivity contribution in [3.8, 4) is 16.9 Å². The molecule has 0 fully saturated rings. The minimum atomic E-state index is -4.06. The highest BCUT2D eigenvalue weighted by molar-refractivity contribution is 7.80. The fraction of sp³-hybridized carbons (Fsp3) is 0. The molecule has 0 saturated carbocycles. The first kappa shape index (κ1) is 12.2. The zero-order valence-corrected chi connectivity index (χ0v) is 10.4. The lowest BCUT2D eigenvalue weighted by Gasteiger charge is -2.11. The molecule has 17 heavy (non-hydrogen) atoms. The van der Waals surface area contributed by atoms with Gasteiger partial charge in [-0.25, -0.2) is 4.57 Å². The molecule has 1 atom stereocenters. The number of benzene rings is 2. The standard InChI is InChI=1S/C12H10ClO3P/c13-17(14,15)16-12-9-5-4-8-11(12)10-6-2-1-3-7-10/h1-9H,(H,14,15). The van der Waals surface area contributed by atoms with E-state index < -0.39 is 6.95 Å². The summed E-state index contributed by atoms with van der Waals surface area (Å²) in [6, 6.07) is 16.4. The summed E-state index contributed by atoms with van der Waals surface area (Å²) in [5.74, 6) is 0.291. The van der Waals surface area contributed by atoms with Crippen molar-refractivity contribution in [3.63, 3.8) is 0 Å². The summed E-state index contributed by atoms with van der Waals surface area (Å²) in [4.78, 5) is 9.04. The fourth-order valence-electron chi connectivity index (χ4n) is 1.52. The molecule has 1 unspecified atom stereocenters. The highest BCUT2D eigenvalue weighted by Gasteiger charge is 2.18. The highest BCUT2D eigenvalue weighted by Crippen LogP contribution is 2.49. The molecule has 88 valence electrons. The van der Waals surface area contributed by atoms with Crippen LogP contribution < -0.4 is 4.52 Å². The zero-order chi connectivity index (χ0) is 12.3. The van der Waals surface area contributed by atoms with Gasteiger partial charge in [-0.05, 0) is 11.6 Å². The van der Waals surface area contributed by atoms with Gasteiger partial charge >= 0.3 is 6.95 Å². The van der Waals surface area contributed by atoms with Crippen LogP contribution in [0.5, 0.6) is 5.75 Å². The second-order valence-corrected chi connectivity index (χ2v) is 5.77. The zero-order valence-electron chi connectivity index (χ0n) is 8.79. The Morgan fingerprint density at radius 1 is 1.00 bits per heavy atom. The summed E-state index contributed by atoms with van der Waals surface area (Å²) in [6.45, 7) is -4.06. The van der Waals surface area contributed by atoms with E-state index in [-0.39, 0.29) is 0 Å². The van der Waals surface area contributed by atoms with Crippen molar-refractivity contribution in [2.75, 3.05) is 0 Å². The van der Waals surface area contributed by atoms with Crippen molar-refractivity contribution in [1.29, 1.82) is 0 Å². The Labute approximate surface area is 104 Å². The summed E-state index contributed by atoms with van der Waals surface area (Å²) in [5, 5.41) is 0. The number of hydrogen-bond acceptors (Lipinski definition) is 2. The van der Waals surface area contributed by atoms with E-state index in [2.05, 4.69) is 0 Å². The normalized spacial score (nSPS) is 14.0. The molecule has 2 rings (SSSR count). The molecule has 0 spiro atoms. The molecule has 5 heteroatoms. The quantitative estimate of drug-likeness (QED) is 0.854. The van der Waals surface area contributed by atoms with E-state index >= 15 is 0 Å². The van der Waals surface area contributed by atoms with Crippen molar-refractivity contribution in [2.24, 2.45) is 0 Å². The van der Waals surface area contributed by atoms with Crippen LogP contribution in [0, 0.1) is 0 Å². The third kappa shape index (κ3) is 3.34. The van der Waals surface area contributed by atoms with Crippen LogP contribution in [0.1, 0.15) is 0 Å². The molecular formula is C12H10ClO3P. The summed E-state index contributed by atoms with van der Waals surface area (Å²) in [6.07, 6.45) is 0. The third-order valence-corrected chi connectivity index (χ3v) is 2.81. The van der Waals surface area contributed by atoms with Crippen LogP contribution in [-0.4, -0.2) is 4.89 Å². The third-order valence-electron chi connectivity index (χ3n) is 2.18. The molecular weight excluding hydrogens is 259 g/mol. The van der Waals surface area contributed by atoms with E-state index in [1.165, 1.54) is 0 Å². The average molecular weight is 269 g/mol. The van der Waals surface area contributed by atoms with Crippen molar-refractivity contribution in [1.82, 2.24) is 0 Å². The molecule has 0 aliphatic rings. The Morgan fingerprint density at radius 3 is 2.24 bits per heavy atom. The van der Waals surface area contributed by atoms with Gasteiger partial charge in [0.25, 0.3) is 0 Å². The van der Waals surface area contributed by atoms with Crippen molar-refractivity contribution in [2.45, 2.75) is 0 Å². The van der Waals surface area contributed by atoms with Gasteiger partial charge < -0.3 is 9.42 Å². The van der Waals surface area contributed by atoms with Crippen LogP contribution in [0.4, 0.5) is 0 Å². The van der Waals surface area contributed by atoms with E-state index in [0.717, 1.165) is 11.1 Å². The van der Waals surface area contributed by atoms with Crippen LogP contribution in [0.3, 0.4) is 0 Å². The predicted molar refractivity (Wildman–Crippen MR) is 68.2 cm³/mol. The van der Waals surface area contributed by atoms with Gasteiger partial charge in [0.15, 0.2) is 0 Å². The molecule has 0 aliphatic heterocycles. The lowest BCUT2D eigenvalue weighted by Crippen LogP contribution is -1.89. The SMILES string of the molecule is O=P(O)(Cl)Oc1ccccc1-c1ccccc1. The van der Waals surface area contributed by atoms with Gasteiger partial charge in [0, 0.05) is 16.8 Å². The second kappa shape index (κ2) is 4.92. The molecule has 0 radical (unpaired) electrons. The van der Waals surface area contributed by atoms with Crippen LogP contribution in [0.2, 0.25) is 0 Å². The second-order valence-electron chi connectivity index (χ2n) is 3.40. The predicted octanol–water partition coefficient (Wildman–Crippen LogP) is 4.07. The monoisotopic (exact) mass is 268 g/mol. The summed E-state index contributed by atoms with van der Waals surface area (Å²) >= 11 is 5.22. The summed E-state index contributed by atoms with van der Waals surface area (Å²) in [7, 11) is 0. The van der Waals surface area contributed by atoms with Crippen LogP contribution in [-0.2, 0) is 4.57 Å². The maximum Gasteiger partial charge on any atom is 0.474 e. The van der Waals surface area contributed by atoms with Crippen molar-refractivity contribution in [3.05, 3.63) is 54.6 Å². The van der Waals surface area contributed by atoms with Gasteiger partial charge in [-0.15, -0.1) is 0 Å². The fourth-order valence-corrected chi connectivity index (χ4v) is 2.15. The first-order valence-corrected chi connectivity index (χ1v) is 7.41. The lowest BCUT2D eigenvalue weighted by atomic mass is 10.1. The van der Waals surface area contributed by atoms with E-state index in [0.29, 0.717) is 5.75 Å². The smallest absolute Gasteiger partial charge is 0.413 e. The molecule has 0 aliphatic carbocycles. The first-order chi connectivity index (χ1) is 8.06. The Balaban J connectivity index is 2.45. The molecule has 3 nitrogen and oxygen atoms in total. The van der Waals surface area contributed by atoms with E-state index in [1.807, 2.05) is 36.4 Å². The Kier molecular flexibility index (Phi) is 3.53. The molecule has 2 aromatic carbocycles. The number of hydrogen-bond donors (Lipinski definition) is 1. The summed E-state index contributed by atoms with van der Waals surface area (Å²) < 4.78 is 15.9. The van der Waals surface area contributed by atoms with Gasteiger partial charge in [0.05, 0.1) is 0 Å². The number of rotatable bonds is 3. The van der Waals surface area contributed by atoms with Gasteiger partial charge in [0.1, 0.15) is 5.75 Å². The van der Waals surface area contributed by atoms with E-state index in [4.69, 9.17) is 20.7 Å². The molecule has 0 bridgehead atoms. The van der Waals surface area contributed by atoms with Gasteiger partial charge in [-0.1, -0.05) is 48.5 Å². The molecule has 0 saturated heterocycles. The van der Waals surface area contributed by atoms with E-state index in [9.17, 15) is 4.57 Å². The van der Waals surface area contributed by atoms with Crippen LogP contribution >= 0.6 is 18.2 Å². The average Bonchev–Trinajstić information content (AvgIpc) is 2.29. The van der Waals surface area contributed by atoms with Gasteiger partial charge in [-0.2, -0.15) is 0 Å².